The van der Waals surface area contributed by atoms with Gasteiger partial charge in [0.15, 0.2) is 0 Å². The molecule has 1 aliphatic carbocycles. The Morgan fingerprint density at radius 2 is 1.89 bits per heavy atom. The van der Waals surface area contributed by atoms with E-state index < -0.39 is 0 Å². The van der Waals surface area contributed by atoms with Gasteiger partial charge < -0.3 is 10.5 Å². The quantitative estimate of drug-likeness (QED) is 0.823. The summed E-state index contributed by atoms with van der Waals surface area (Å²) in [5.74, 6) is 0. The molecule has 0 bridgehead atoms. The van der Waals surface area contributed by atoms with E-state index in [0.29, 0.717) is 18.2 Å². The number of nitrogens with two attached hydrogens (primary N) is 1. The largest absolute Gasteiger partial charge is 0.377 e. The third-order valence-corrected chi connectivity index (χ3v) is 4.59. The van der Waals surface area contributed by atoms with Crippen molar-refractivity contribution in [2.45, 2.75) is 76.5 Å². The van der Waals surface area contributed by atoms with Crippen LogP contribution in [0.1, 0.15) is 58.3 Å². The first-order valence-electron chi connectivity index (χ1n) is 7.92. The molecule has 1 saturated heterocycles. The molecule has 0 spiro atoms. The Labute approximate surface area is 112 Å². The van der Waals surface area contributed by atoms with Gasteiger partial charge in [0.05, 0.1) is 6.10 Å². The van der Waals surface area contributed by atoms with Gasteiger partial charge in [-0.1, -0.05) is 32.6 Å². The normalized spacial score (nSPS) is 36.7. The predicted octanol–water partition coefficient (Wildman–Crippen LogP) is 2.54. The summed E-state index contributed by atoms with van der Waals surface area (Å²) < 4.78 is 5.88. The predicted molar refractivity (Wildman–Crippen MR) is 75.7 cm³/mol. The van der Waals surface area contributed by atoms with Gasteiger partial charge in [0.1, 0.15) is 0 Å². The summed E-state index contributed by atoms with van der Waals surface area (Å²) >= 11 is 0. The fourth-order valence-electron chi connectivity index (χ4n) is 3.42. The lowest BCUT2D eigenvalue weighted by atomic mass is 9.91. The Morgan fingerprint density at radius 3 is 2.67 bits per heavy atom. The molecule has 1 saturated carbocycles. The van der Waals surface area contributed by atoms with Gasteiger partial charge in [0.2, 0.25) is 0 Å². The van der Waals surface area contributed by atoms with Crippen molar-refractivity contribution in [3.63, 3.8) is 0 Å². The van der Waals surface area contributed by atoms with Crippen molar-refractivity contribution in [3.05, 3.63) is 0 Å². The lowest BCUT2D eigenvalue weighted by Crippen LogP contribution is -2.50. The van der Waals surface area contributed by atoms with Gasteiger partial charge in [0, 0.05) is 31.8 Å². The average molecular weight is 254 g/mol. The van der Waals surface area contributed by atoms with E-state index in [9.17, 15) is 0 Å². The fourth-order valence-corrected chi connectivity index (χ4v) is 3.42. The Morgan fingerprint density at radius 1 is 1.11 bits per heavy atom. The summed E-state index contributed by atoms with van der Waals surface area (Å²) in [5, 5.41) is 0. The standard InChI is InChI=1S/C15H30N2O/c1-2-13-12-17(10-7-11-18-13)15-9-6-4-3-5-8-14(15)16/h13-15H,2-12,16H2,1H3. The van der Waals surface area contributed by atoms with Gasteiger partial charge in [-0.25, -0.2) is 0 Å². The van der Waals surface area contributed by atoms with Crippen LogP contribution in [0, 0.1) is 0 Å². The van der Waals surface area contributed by atoms with Crippen LogP contribution >= 0.6 is 0 Å². The highest BCUT2D eigenvalue weighted by atomic mass is 16.5. The SMILES string of the molecule is CCC1CN(C2CCCCCCC2N)CCCO1. The van der Waals surface area contributed by atoms with Crippen LogP contribution in [-0.4, -0.2) is 42.8 Å². The molecule has 106 valence electrons. The van der Waals surface area contributed by atoms with Crippen molar-refractivity contribution in [1.29, 1.82) is 0 Å². The van der Waals surface area contributed by atoms with Gasteiger partial charge in [-0.3, -0.25) is 4.90 Å². The van der Waals surface area contributed by atoms with Crippen LogP contribution in [0.5, 0.6) is 0 Å². The van der Waals surface area contributed by atoms with Crippen LogP contribution < -0.4 is 5.73 Å². The number of rotatable bonds is 2. The van der Waals surface area contributed by atoms with E-state index in [1.807, 2.05) is 0 Å². The third-order valence-electron chi connectivity index (χ3n) is 4.59. The minimum atomic E-state index is 0.376. The zero-order valence-corrected chi connectivity index (χ0v) is 11.9. The van der Waals surface area contributed by atoms with Gasteiger partial charge >= 0.3 is 0 Å². The number of hydrogen-bond donors (Lipinski definition) is 1. The molecule has 0 radical (unpaired) electrons. The molecule has 2 rings (SSSR count). The second kappa shape index (κ2) is 7.46. The third kappa shape index (κ3) is 3.94. The summed E-state index contributed by atoms with van der Waals surface area (Å²) in [7, 11) is 0. The summed E-state index contributed by atoms with van der Waals surface area (Å²) in [5.41, 5.74) is 6.43. The summed E-state index contributed by atoms with van der Waals surface area (Å²) in [4.78, 5) is 2.64. The second-order valence-corrected chi connectivity index (χ2v) is 5.97. The maximum atomic E-state index is 6.43. The molecule has 2 aliphatic rings. The smallest absolute Gasteiger partial charge is 0.0699 e. The van der Waals surface area contributed by atoms with Gasteiger partial charge in [-0.15, -0.1) is 0 Å². The van der Waals surface area contributed by atoms with Crippen LogP contribution in [0.3, 0.4) is 0 Å². The molecule has 3 nitrogen and oxygen atoms in total. The molecule has 2 N–H and O–H groups in total. The van der Waals surface area contributed by atoms with Crippen LogP contribution in [-0.2, 0) is 4.74 Å². The van der Waals surface area contributed by atoms with Crippen molar-refractivity contribution in [1.82, 2.24) is 4.90 Å². The molecular weight excluding hydrogens is 224 g/mol. The minimum absolute atomic E-state index is 0.376. The summed E-state index contributed by atoms with van der Waals surface area (Å²) in [6.07, 6.45) is 10.6. The first kappa shape index (κ1) is 14.3. The number of nitrogens with zero attached hydrogens (tertiary/aromatic N) is 1. The van der Waals surface area contributed by atoms with Crippen LogP contribution in [0.2, 0.25) is 0 Å². The molecule has 3 unspecified atom stereocenters. The van der Waals surface area contributed by atoms with Gasteiger partial charge in [0.25, 0.3) is 0 Å². The molecule has 2 fully saturated rings. The Bertz CT molecular complexity index is 235. The van der Waals surface area contributed by atoms with Crippen molar-refractivity contribution in [2.75, 3.05) is 19.7 Å². The Kier molecular flexibility index (Phi) is 5.93. The maximum absolute atomic E-state index is 6.43. The van der Waals surface area contributed by atoms with E-state index in [1.165, 1.54) is 51.5 Å². The fraction of sp³-hybridized carbons (Fsp3) is 1.00. The zero-order chi connectivity index (χ0) is 12.8. The summed E-state index contributed by atoms with van der Waals surface area (Å²) in [6, 6.07) is 0.974. The highest BCUT2D eigenvalue weighted by Crippen LogP contribution is 2.23. The molecule has 0 aromatic heterocycles. The van der Waals surface area contributed by atoms with Gasteiger partial charge in [-0.2, -0.15) is 0 Å². The van der Waals surface area contributed by atoms with E-state index in [-0.39, 0.29) is 0 Å². The van der Waals surface area contributed by atoms with Crippen LogP contribution in [0.25, 0.3) is 0 Å². The molecule has 3 heteroatoms. The molecular formula is C15H30N2O. The Hall–Kier alpha value is -0.120. The highest BCUT2D eigenvalue weighted by Gasteiger charge is 2.28. The first-order valence-corrected chi connectivity index (χ1v) is 7.92. The van der Waals surface area contributed by atoms with Crippen molar-refractivity contribution < 1.29 is 4.74 Å². The average Bonchev–Trinajstić information content (AvgIpc) is 2.59. The maximum Gasteiger partial charge on any atom is 0.0699 e. The number of hydrogen-bond acceptors (Lipinski definition) is 3. The second-order valence-electron chi connectivity index (χ2n) is 5.97. The van der Waals surface area contributed by atoms with Crippen molar-refractivity contribution in [3.8, 4) is 0 Å². The highest BCUT2D eigenvalue weighted by molar-refractivity contribution is 4.86. The topological polar surface area (TPSA) is 38.5 Å². The Balaban J connectivity index is 1.96. The molecule has 1 aliphatic heterocycles. The molecule has 0 aromatic carbocycles. The lowest BCUT2D eigenvalue weighted by Gasteiger charge is -2.37. The lowest BCUT2D eigenvalue weighted by molar-refractivity contribution is 0.0407. The zero-order valence-electron chi connectivity index (χ0n) is 11.9. The monoisotopic (exact) mass is 254 g/mol. The molecule has 0 amide bonds. The number of ether oxygens (including phenoxy) is 1. The van der Waals surface area contributed by atoms with E-state index in [0.717, 1.165) is 19.6 Å². The first-order chi connectivity index (χ1) is 8.81. The molecule has 1 heterocycles. The van der Waals surface area contributed by atoms with E-state index in [1.54, 1.807) is 0 Å². The van der Waals surface area contributed by atoms with E-state index in [4.69, 9.17) is 10.5 Å². The van der Waals surface area contributed by atoms with Crippen LogP contribution in [0.15, 0.2) is 0 Å². The van der Waals surface area contributed by atoms with E-state index in [2.05, 4.69) is 11.8 Å². The molecule has 18 heavy (non-hydrogen) atoms. The van der Waals surface area contributed by atoms with Crippen molar-refractivity contribution >= 4 is 0 Å². The van der Waals surface area contributed by atoms with Gasteiger partial charge in [-0.05, 0) is 25.7 Å². The molecule has 3 atom stereocenters. The summed E-state index contributed by atoms with van der Waals surface area (Å²) in [6.45, 7) is 5.42. The minimum Gasteiger partial charge on any atom is -0.377 e. The molecule has 0 aromatic rings. The van der Waals surface area contributed by atoms with Crippen molar-refractivity contribution in [2.24, 2.45) is 5.73 Å². The van der Waals surface area contributed by atoms with Crippen LogP contribution in [0.4, 0.5) is 0 Å². The van der Waals surface area contributed by atoms with E-state index >= 15 is 0 Å².